The summed E-state index contributed by atoms with van der Waals surface area (Å²) in [6.45, 7) is 2.28. The number of hydrogen-bond donors (Lipinski definition) is 0. The van der Waals surface area contributed by atoms with Gasteiger partial charge >= 0.3 is 0 Å². The zero-order valence-electron chi connectivity index (χ0n) is 13.4. The zero-order valence-corrected chi connectivity index (χ0v) is 13.4. The Balaban J connectivity index is 2.93. The molecule has 0 aliphatic heterocycles. The van der Waals surface area contributed by atoms with Crippen molar-refractivity contribution in [2.75, 3.05) is 7.11 Å². The van der Waals surface area contributed by atoms with E-state index in [0.717, 1.165) is 6.42 Å². The summed E-state index contributed by atoms with van der Waals surface area (Å²) in [5, 5.41) is 0. The molecule has 0 saturated carbocycles. The van der Waals surface area contributed by atoms with E-state index in [1.165, 1.54) is 83.5 Å². The van der Waals surface area contributed by atoms with E-state index in [9.17, 15) is 0 Å². The highest BCUT2D eigenvalue weighted by Gasteiger charge is 1.93. The highest BCUT2D eigenvalue weighted by Crippen LogP contribution is 2.12. The Bertz CT molecular complexity index is 175. The number of hydrogen-bond acceptors (Lipinski definition) is 1. The molecular formula is C18H35O. The van der Waals surface area contributed by atoms with E-state index in [1.54, 1.807) is 7.11 Å². The fraction of sp³-hybridized carbons (Fsp3) is 0.889. The molecule has 0 aliphatic rings. The predicted molar refractivity (Wildman–Crippen MR) is 85.1 cm³/mol. The van der Waals surface area contributed by atoms with Crippen LogP contribution in [0.15, 0.2) is 6.08 Å². The second kappa shape index (κ2) is 17.5. The lowest BCUT2D eigenvalue weighted by molar-refractivity contribution is 0.311. The summed E-state index contributed by atoms with van der Waals surface area (Å²) < 4.78 is 4.75. The lowest BCUT2D eigenvalue weighted by atomic mass is 10.0. The van der Waals surface area contributed by atoms with Gasteiger partial charge in [-0.2, -0.15) is 0 Å². The van der Waals surface area contributed by atoms with Crippen LogP contribution in [0.3, 0.4) is 0 Å². The summed E-state index contributed by atoms with van der Waals surface area (Å²) >= 11 is 0. The van der Waals surface area contributed by atoms with Gasteiger partial charge in [-0.3, -0.25) is 0 Å². The summed E-state index contributed by atoms with van der Waals surface area (Å²) in [7, 11) is 1.65. The minimum Gasteiger partial charge on any atom is -0.493 e. The van der Waals surface area contributed by atoms with Crippen molar-refractivity contribution in [2.24, 2.45) is 0 Å². The predicted octanol–water partition coefficient (Wildman–Crippen LogP) is 6.43. The quantitative estimate of drug-likeness (QED) is 0.245. The Hall–Kier alpha value is -0.460. The maximum Gasteiger partial charge on any atom is 0.156 e. The van der Waals surface area contributed by atoms with Crippen LogP contribution in [0.25, 0.3) is 0 Å². The molecule has 0 atom stereocenters. The maximum atomic E-state index is 4.75. The molecule has 0 heterocycles. The lowest BCUT2D eigenvalue weighted by Gasteiger charge is -2.02. The van der Waals surface area contributed by atoms with Crippen molar-refractivity contribution >= 4 is 0 Å². The van der Waals surface area contributed by atoms with Gasteiger partial charge in [0, 0.05) is 0 Å². The first kappa shape index (κ1) is 18.5. The molecule has 1 heteroatoms. The van der Waals surface area contributed by atoms with Gasteiger partial charge in [-0.15, -0.1) is 0 Å². The van der Waals surface area contributed by atoms with Crippen molar-refractivity contribution in [3.8, 4) is 0 Å². The second-order valence-corrected chi connectivity index (χ2v) is 5.56. The second-order valence-electron chi connectivity index (χ2n) is 5.56. The molecule has 113 valence electrons. The molecule has 19 heavy (non-hydrogen) atoms. The Morgan fingerprint density at radius 2 is 1.11 bits per heavy atom. The lowest BCUT2D eigenvalue weighted by Crippen LogP contribution is -1.82. The standard InChI is InChI=1S/C18H35O/c1-3-4-5-6-7-8-9-10-11-12-13-14-15-16-17-18-19-2/h17H,3-16H2,1-2H3. The Labute approximate surface area is 121 Å². The Morgan fingerprint density at radius 1 is 0.684 bits per heavy atom. The number of rotatable bonds is 15. The van der Waals surface area contributed by atoms with Crippen LogP contribution in [0, 0.1) is 6.26 Å². The van der Waals surface area contributed by atoms with Gasteiger partial charge in [0.2, 0.25) is 0 Å². The van der Waals surface area contributed by atoms with E-state index in [2.05, 4.69) is 13.2 Å². The third-order valence-electron chi connectivity index (χ3n) is 3.65. The number of unbranched alkanes of at least 4 members (excludes halogenated alkanes) is 13. The summed E-state index contributed by atoms with van der Waals surface area (Å²) in [5.74, 6) is 0. The number of ether oxygens (including phenoxy) is 1. The Kier molecular flexibility index (Phi) is 17.1. The molecule has 0 fully saturated rings. The van der Waals surface area contributed by atoms with E-state index in [0.29, 0.717) is 0 Å². The largest absolute Gasteiger partial charge is 0.493 e. The van der Waals surface area contributed by atoms with Crippen LogP contribution < -0.4 is 0 Å². The minimum atomic E-state index is 1.12. The molecule has 1 radical (unpaired) electrons. The van der Waals surface area contributed by atoms with Crippen LogP contribution in [0.1, 0.15) is 96.8 Å². The van der Waals surface area contributed by atoms with Crippen LogP contribution in [-0.4, -0.2) is 7.11 Å². The van der Waals surface area contributed by atoms with Gasteiger partial charge in [0.05, 0.1) is 7.11 Å². The highest BCUT2D eigenvalue weighted by molar-refractivity contribution is 4.66. The van der Waals surface area contributed by atoms with Gasteiger partial charge in [0.25, 0.3) is 0 Å². The molecule has 0 unspecified atom stereocenters. The van der Waals surface area contributed by atoms with Gasteiger partial charge in [0.1, 0.15) is 0 Å². The van der Waals surface area contributed by atoms with E-state index in [1.807, 2.05) is 6.08 Å². The van der Waals surface area contributed by atoms with Crippen molar-refractivity contribution in [1.82, 2.24) is 0 Å². The fourth-order valence-electron chi connectivity index (χ4n) is 2.41. The highest BCUT2D eigenvalue weighted by atomic mass is 16.5. The van der Waals surface area contributed by atoms with Crippen LogP contribution in [-0.2, 0) is 4.74 Å². The van der Waals surface area contributed by atoms with Gasteiger partial charge in [0.15, 0.2) is 6.26 Å². The third-order valence-corrected chi connectivity index (χ3v) is 3.65. The molecule has 0 aromatic carbocycles. The maximum absolute atomic E-state index is 4.75. The third kappa shape index (κ3) is 17.5. The number of methoxy groups -OCH3 is 1. The van der Waals surface area contributed by atoms with Crippen molar-refractivity contribution in [2.45, 2.75) is 96.8 Å². The van der Waals surface area contributed by atoms with Crippen LogP contribution in [0.5, 0.6) is 0 Å². The molecule has 0 saturated heterocycles. The molecule has 0 aliphatic carbocycles. The molecule has 0 N–H and O–H groups in total. The molecule has 1 nitrogen and oxygen atoms in total. The normalized spacial score (nSPS) is 11.3. The average Bonchev–Trinajstić information content (AvgIpc) is 2.43. The van der Waals surface area contributed by atoms with Gasteiger partial charge in [-0.05, 0) is 18.9 Å². The SMILES string of the molecule is CCCCCCCCCCCCCCC/C=[C]\OC. The summed E-state index contributed by atoms with van der Waals surface area (Å²) in [5.41, 5.74) is 0. The minimum absolute atomic E-state index is 1.12. The fourth-order valence-corrected chi connectivity index (χ4v) is 2.41. The molecule has 0 aromatic heterocycles. The van der Waals surface area contributed by atoms with Crippen molar-refractivity contribution in [3.05, 3.63) is 12.3 Å². The number of allylic oxidation sites excluding steroid dienone is 1. The van der Waals surface area contributed by atoms with Crippen molar-refractivity contribution < 1.29 is 4.74 Å². The molecule has 0 spiro atoms. The van der Waals surface area contributed by atoms with Crippen LogP contribution in [0.2, 0.25) is 0 Å². The smallest absolute Gasteiger partial charge is 0.156 e. The first-order valence-corrected chi connectivity index (χ1v) is 8.52. The molecular weight excluding hydrogens is 232 g/mol. The van der Waals surface area contributed by atoms with Gasteiger partial charge < -0.3 is 4.74 Å². The molecule has 0 aromatic rings. The van der Waals surface area contributed by atoms with Crippen LogP contribution in [0.4, 0.5) is 0 Å². The van der Waals surface area contributed by atoms with E-state index < -0.39 is 0 Å². The van der Waals surface area contributed by atoms with Crippen molar-refractivity contribution in [3.63, 3.8) is 0 Å². The van der Waals surface area contributed by atoms with Gasteiger partial charge in [-0.25, -0.2) is 0 Å². The summed E-state index contributed by atoms with van der Waals surface area (Å²) in [6.07, 6.45) is 24.3. The molecule has 0 rings (SSSR count). The van der Waals surface area contributed by atoms with Gasteiger partial charge in [-0.1, -0.05) is 84.0 Å². The first-order chi connectivity index (χ1) is 9.41. The topological polar surface area (TPSA) is 9.23 Å². The molecule has 0 amide bonds. The summed E-state index contributed by atoms with van der Waals surface area (Å²) in [4.78, 5) is 0. The summed E-state index contributed by atoms with van der Waals surface area (Å²) in [6, 6.07) is 0. The van der Waals surface area contributed by atoms with E-state index in [4.69, 9.17) is 4.74 Å². The first-order valence-electron chi connectivity index (χ1n) is 8.52. The van der Waals surface area contributed by atoms with E-state index in [-0.39, 0.29) is 0 Å². The van der Waals surface area contributed by atoms with Crippen LogP contribution >= 0.6 is 0 Å². The average molecular weight is 267 g/mol. The monoisotopic (exact) mass is 267 g/mol. The zero-order chi connectivity index (χ0) is 14.0. The Morgan fingerprint density at radius 3 is 1.53 bits per heavy atom. The molecule has 0 bridgehead atoms. The van der Waals surface area contributed by atoms with Crippen molar-refractivity contribution in [1.29, 1.82) is 0 Å². The van der Waals surface area contributed by atoms with E-state index >= 15 is 0 Å².